The van der Waals surface area contributed by atoms with E-state index in [4.69, 9.17) is 9.47 Å². The van der Waals surface area contributed by atoms with E-state index in [0.29, 0.717) is 39.6 Å². The molecule has 0 N–H and O–H groups in total. The van der Waals surface area contributed by atoms with E-state index in [2.05, 4.69) is 11.1 Å². The van der Waals surface area contributed by atoms with E-state index in [1.54, 1.807) is 38.3 Å². The molecular formula is C25H21N3O3. The maximum atomic E-state index is 12.7. The number of carbonyl (C=O) groups is 1. The molecule has 0 spiro atoms. The number of benzene rings is 3. The summed E-state index contributed by atoms with van der Waals surface area (Å²) in [5.74, 6) is 0.880. The molecule has 0 radical (unpaired) electrons. The second kappa shape index (κ2) is 8.33. The highest BCUT2D eigenvalue weighted by atomic mass is 16.5. The molecule has 0 aliphatic carbocycles. The highest BCUT2D eigenvalue weighted by Gasteiger charge is 2.28. The van der Waals surface area contributed by atoms with Crippen LogP contribution in [0, 0.1) is 11.3 Å². The first-order chi connectivity index (χ1) is 15.1. The van der Waals surface area contributed by atoms with Gasteiger partial charge in [-0.05, 0) is 23.3 Å². The van der Waals surface area contributed by atoms with E-state index in [-0.39, 0.29) is 12.5 Å². The number of ether oxygens (including phenoxy) is 2. The monoisotopic (exact) mass is 411 g/mol. The predicted octanol–water partition coefficient (Wildman–Crippen LogP) is 4.06. The largest absolute Gasteiger partial charge is 0.493 e. The molecule has 1 heterocycles. The van der Waals surface area contributed by atoms with Gasteiger partial charge in [-0.15, -0.1) is 0 Å². The molecule has 0 aromatic heterocycles. The summed E-state index contributed by atoms with van der Waals surface area (Å²) in [5, 5.41) is 9.90. The Morgan fingerprint density at radius 3 is 2.35 bits per heavy atom. The summed E-state index contributed by atoms with van der Waals surface area (Å²) in [5.41, 5.74) is 4.92. The van der Waals surface area contributed by atoms with Crippen LogP contribution in [0.15, 0.2) is 65.7 Å². The minimum absolute atomic E-state index is 0.0286. The van der Waals surface area contributed by atoms with E-state index in [1.165, 1.54) is 0 Å². The van der Waals surface area contributed by atoms with Crippen molar-refractivity contribution in [1.82, 2.24) is 0 Å². The molecule has 6 heteroatoms. The molecular weight excluding hydrogens is 390 g/mol. The van der Waals surface area contributed by atoms with E-state index in [9.17, 15) is 10.1 Å². The first-order valence-electron chi connectivity index (χ1n) is 9.75. The molecule has 0 saturated heterocycles. The van der Waals surface area contributed by atoms with Gasteiger partial charge in [-0.25, -0.2) is 0 Å². The zero-order valence-electron chi connectivity index (χ0n) is 17.5. The molecule has 0 saturated carbocycles. The van der Waals surface area contributed by atoms with E-state index in [0.717, 1.165) is 11.1 Å². The number of nitriles is 1. The lowest BCUT2D eigenvalue weighted by atomic mass is 9.89. The normalized spacial score (nSPS) is 13.0. The number of hydrogen-bond donors (Lipinski definition) is 0. The van der Waals surface area contributed by atoms with Crippen LogP contribution in [0.3, 0.4) is 0 Å². The Kier molecular flexibility index (Phi) is 5.42. The lowest BCUT2D eigenvalue weighted by Crippen LogP contribution is -2.27. The van der Waals surface area contributed by atoms with E-state index < -0.39 is 0 Å². The van der Waals surface area contributed by atoms with Crippen molar-refractivity contribution in [2.75, 3.05) is 32.7 Å². The average Bonchev–Trinajstić information content (AvgIpc) is 2.94. The summed E-state index contributed by atoms with van der Waals surface area (Å²) in [6.07, 6.45) is 0. The van der Waals surface area contributed by atoms with Crippen LogP contribution >= 0.6 is 0 Å². The molecule has 0 atom stereocenters. The van der Waals surface area contributed by atoms with Crippen molar-refractivity contribution >= 4 is 17.3 Å². The molecule has 0 bridgehead atoms. The summed E-state index contributed by atoms with van der Waals surface area (Å²) in [6, 6.07) is 21.3. The van der Waals surface area contributed by atoms with Gasteiger partial charge in [-0.1, -0.05) is 42.5 Å². The van der Waals surface area contributed by atoms with Crippen LogP contribution in [0.2, 0.25) is 0 Å². The van der Waals surface area contributed by atoms with Crippen molar-refractivity contribution in [3.8, 4) is 28.7 Å². The quantitative estimate of drug-likeness (QED) is 0.649. The van der Waals surface area contributed by atoms with Gasteiger partial charge in [0.25, 0.3) is 0 Å². The third kappa shape index (κ3) is 3.51. The fourth-order valence-electron chi connectivity index (χ4n) is 3.78. The molecule has 154 valence electrons. The summed E-state index contributed by atoms with van der Waals surface area (Å²) >= 11 is 0. The number of amides is 1. The molecule has 4 rings (SSSR count). The number of likely N-dealkylation sites (N-methyl/N-ethyl adjacent to an activating group) is 1. The minimum atomic E-state index is -0.154. The van der Waals surface area contributed by atoms with Crippen molar-refractivity contribution in [3.63, 3.8) is 0 Å². The molecule has 3 aromatic rings. The lowest BCUT2D eigenvalue weighted by molar-refractivity contribution is -0.116. The molecule has 1 amide bonds. The number of methoxy groups -OCH3 is 2. The Bertz CT molecular complexity index is 1230. The minimum Gasteiger partial charge on any atom is -0.493 e. The topological polar surface area (TPSA) is 74.9 Å². The maximum absolute atomic E-state index is 12.7. The Labute approximate surface area is 181 Å². The second-order valence-electron chi connectivity index (χ2n) is 7.05. The van der Waals surface area contributed by atoms with Gasteiger partial charge in [0.2, 0.25) is 5.91 Å². The number of nitrogens with zero attached hydrogens (tertiary/aromatic N) is 3. The fraction of sp³-hybridized carbons (Fsp3) is 0.160. The van der Waals surface area contributed by atoms with Crippen LogP contribution in [-0.2, 0) is 4.79 Å². The SMILES string of the molecule is COc1cc2c(cc1OC)N(C)C(=O)CN=C2c1c(C#N)cccc1-c1ccccc1. The third-order valence-corrected chi connectivity index (χ3v) is 5.37. The van der Waals surface area contributed by atoms with Crippen molar-refractivity contribution in [2.24, 2.45) is 4.99 Å². The van der Waals surface area contributed by atoms with Gasteiger partial charge in [-0.2, -0.15) is 5.26 Å². The van der Waals surface area contributed by atoms with E-state index >= 15 is 0 Å². The Morgan fingerprint density at radius 2 is 1.68 bits per heavy atom. The molecule has 6 nitrogen and oxygen atoms in total. The molecule has 3 aromatic carbocycles. The number of benzodiazepines with no additional fused rings is 1. The van der Waals surface area contributed by atoms with Crippen molar-refractivity contribution in [2.45, 2.75) is 0 Å². The zero-order chi connectivity index (χ0) is 22.0. The Balaban J connectivity index is 2.06. The van der Waals surface area contributed by atoms with Crippen LogP contribution in [0.1, 0.15) is 16.7 Å². The van der Waals surface area contributed by atoms with Crippen LogP contribution in [-0.4, -0.2) is 39.4 Å². The van der Waals surface area contributed by atoms with Gasteiger partial charge < -0.3 is 14.4 Å². The lowest BCUT2D eigenvalue weighted by Gasteiger charge is -2.21. The van der Waals surface area contributed by atoms with Gasteiger partial charge in [0.05, 0.1) is 37.3 Å². The number of anilines is 1. The maximum Gasteiger partial charge on any atom is 0.248 e. The predicted molar refractivity (Wildman–Crippen MR) is 120 cm³/mol. The smallest absolute Gasteiger partial charge is 0.248 e. The zero-order valence-corrected chi connectivity index (χ0v) is 17.5. The Hall–Kier alpha value is -4.11. The Morgan fingerprint density at radius 1 is 0.968 bits per heavy atom. The average molecular weight is 411 g/mol. The number of aliphatic imine (C=N–C) groups is 1. The van der Waals surface area contributed by atoms with Gasteiger partial charge in [0.1, 0.15) is 6.54 Å². The van der Waals surface area contributed by atoms with Crippen molar-refractivity contribution in [3.05, 3.63) is 77.4 Å². The van der Waals surface area contributed by atoms with Crippen LogP contribution in [0.25, 0.3) is 11.1 Å². The first-order valence-corrected chi connectivity index (χ1v) is 9.75. The van der Waals surface area contributed by atoms with Gasteiger partial charge in [0, 0.05) is 24.2 Å². The molecule has 1 aliphatic rings. The van der Waals surface area contributed by atoms with Gasteiger partial charge in [-0.3, -0.25) is 9.79 Å². The highest BCUT2D eigenvalue weighted by Crippen LogP contribution is 2.39. The van der Waals surface area contributed by atoms with E-state index in [1.807, 2.05) is 48.5 Å². The molecule has 0 unspecified atom stereocenters. The summed E-state index contributed by atoms with van der Waals surface area (Å²) < 4.78 is 11.0. The molecule has 1 aliphatic heterocycles. The number of rotatable bonds is 4. The summed E-state index contributed by atoms with van der Waals surface area (Å²) in [4.78, 5) is 18.9. The number of fused-ring (bicyclic) bond motifs is 1. The first kappa shape index (κ1) is 20.2. The van der Waals surface area contributed by atoms with Crippen molar-refractivity contribution < 1.29 is 14.3 Å². The van der Waals surface area contributed by atoms with Crippen molar-refractivity contribution in [1.29, 1.82) is 5.26 Å². The van der Waals surface area contributed by atoms with Crippen LogP contribution in [0.5, 0.6) is 11.5 Å². The second-order valence-corrected chi connectivity index (χ2v) is 7.05. The highest BCUT2D eigenvalue weighted by molar-refractivity contribution is 6.23. The summed E-state index contributed by atoms with van der Waals surface area (Å²) in [7, 11) is 4.82. The molecule has 0 fully saturated rings. The fourth-order valence-corrected chi connectivity index (χ4v) is 3.78. The summed E-state index contributed by atoms with van der Waals surface area (Å²) in [6.45, 7) is -0.0286. The standard InChI is InChI=1S/C25H21N3O3/c1-28-20-13-22(31-3)21(30-2)12-19(20)25(27-15-23(28)29)24-17(14-26)10-7-11-18(24)16-8-5-4-6-9-16/h4-13H,15H2,1-3H3. The van der Waals surface area contributed by atoms with Crippen LogP contribution in [0.4, 0.5) is 5.69 Å². The van der Waals surface area contributed by atoms with Gasteiger partial charge in [0.15, 0.2) is 11.5 Å². The molecule has 31 heavy (non-hydrogen) atoms. The number of carbonyl (C=O) groups excluding carboxylic acids is 1. The number of hydrogen-bond acceptors (Lipinski definition) is 5. The third-order valence-electron chi connectivity index (χ3n) is 5.37. The van der Waals surface area contributed by atoms with Crippen LogP contribution < -0.4 is 14.4 Å². The van der Waals surface area contributed by atoms with Gasteiger partial charge >= 0.3 is 0 Å².